The SMILES string of the molecule is CCOC(CCCNC(=O)CCN)OCC.CCOC(CCNC(=O)CCC(=O)NN)OCC.CCOC(CCNC(=O)CCCN)OCC.CCOC(CCNC(=O)c1ccc(N)cc1)OCC.CCOC(CCONC)OCC.CCOC(COCCOCCN)OCC.CCOC(COCCOCCOCCN)OCC.CCOC(COCCOCCON)OCC.CNOCCC1OCCO1.NOCC1OCCO1. The van der Waals surface area contributed by atoms with Crippen molar-refractivity contribution in [3.8, 4) is 0 Å². The highest BCUT2D eigenvalue weighted by atomic mass is 16.8. The minimum absolute atomic E-state index is 0.00636. The molecule has 2 aliphatic heterocycles. The molecule has 0 radical (unpaired) electrons. The predicted molar refractivity (Wildman–Crippen MR) is 560 cm³/mol. The number of nitrogens with one attached hydrogen (secondary N) is 7. The lowest BCUT2D eigenvalue weighted by atomic mass is 10.2. The molecule has 886 valence electrons. The summed E-state index contributed by atoms with van der Waals surface area (Å²) in [5.74, 6) is 13.9. The molecule has 51 heteroatoms. The lowest BCUT2D eigenvalue weighted by molar-refractivity contribution is -0.169. The van der Waals surface area contributed by atoms with E-state index in [4.69, 9.17) is 184 Å². The first-order valence-electron chi connectivity index (χ1n) is 52.3. The summed E-state index contributed by atoms with van der Waals surface area (Å²) in [5, 5.41) is 11.1. The van der Waals surface area contributed by atoms with Crippen LogP contribution >= 0.6 is 0 Å². The van der Waals surface area contributed by atoms with E-state index >= 15 is 0 Å². The molecule has 148 heavy (non-hydrogen) atoms. The average molecular weight is 2160 g/mol. The van der Waals surface area contributed by atoms with Crippen LogP contribution in [0.3, 0.4) is 0 Å². The highest BCUT2D eigenvalue weighted by molar-refractivity contribution is 5.94. The van der Waals surface area contributed by atoms with Crippen molar-refractivity contribution in [2.45, 2.75) is 251 Å². The Balaban J connectivity index is -0.000000300. The number of carbonyl (C=O) groups excluding carboxylic acids is 5. The van der Waals surface area contributed by atoms with Gasteiger partial charge in [0.05, 0.1) is 139 Å². The van der Waals surface area contributed by atoms with Crippen molar-refractivity contribution < 1.29 is 171 Å². The number of hydrogen-bond acceptors (Lipinski definition) is 46. The highest BCUT2D eigenvalue weighted by Gasteiger charge is 2.19. The number of benzene rings is 1. The van der Waals surface area contributed by atoms with E-state index in [0.717, 1.165) is 32.1 Å². The standard InChI is InChI=1S/C14H22N2O3.C12H27NO5.C11H23N3O4.2C11H24N2O3.C10H23NO5.C10H23NO4.C8H19NO3.C6H13NO3.C4H9NO3/c1-3-18-13(19-4-2)9-10-16-14(17)11-5-7-12(15)8-6-11;1-3-17-12(18-4-2)11-16-10-9-15-8-7-14-6-5-13;1-3-17-11(18-4-2)7-8-13-9(15)5-6-10(16)14-12;1-3-15-11(16-4-2)6-5-9-13-10(14)7-8-12;1-3-15-11(16-4-2)7-9-13-10(14)6-5-8-12;1-3-14-10(15-4-2)9-13-6-5-12-7-8-16-11;1-3-14-10(15-4-2)9-13-8-7-12-6-5-11;1-4-10-8(11-5-2)6-7-12-9-3;1-7-10-3-2-6-8-4-5-9-6;5-8-3-4-6-1-2-7-4/h5-8,13H,3-4,9-10,15H2,1-2H3,(H,16,17);12H,3-11,13H2,1-2H3;11H,3-8,12H2,1-2H3,(H,13,15)(H,14,16);2*11H,3-9,12H2,1-2H3,(H,13,14);10H,3-9,11H2,1-2H3;10H,3-9,11H2,1-2H3;8-9H,4-7H2,1-3H3;6-7H,2-5H2,1H3;4H,1-3,5H2. The highest BCUT2D eigenvalue weighted by Crippen LogP contribution is 2.11. The Morgan fingerprint density at radius 3 is 0.953 bits per heavy atom. The maximum Gasteiger partial charge on any atom is 0.251 e. The minimum Gasteiger partial charge on any atom is -0.399 e. The fourth-order valence-corrected chi connectivity index (χ4v) is 11.0. The number of ether oxygens (including phenoxy) is 27. The maximum atomic E-state index is 11.8. The molecule has 0 aliphatic carbocycles. The number of hydrazine groups is 1. The van der Waals surface area contributed by atoms with Crippen LogP contribution in [0.25, 0.3) is 0 Å². The van der Waals surface area contributed by atoms with Gasteiger partial charge in [-0.15, -0.1) is 0 Å². The van der Waals surface area contributed by atoms with E-state index in [9.17, 15) is 24.0 Å². The molecule has 5 amide bonds. The van der Waals surface area contributed by atoms with Gasteiger partial charge in [-0.05, 0) is 154 Å². The first-order chi connectivity index (χ1) is 72.0. The molecule has 0 saturated carbocycles. The Labute approximate surface area is 884 Å². The van der Waals surface area contributed by atoms with E-state index in [1.165, 1.54) is 0 Å². The van der Waals surface area contributed by atoms with Crippen LogP contribution in [0.5, 0.6) is 0 Å². The van der Waals surface area contributed by atoms with Gasteiger partial charge >= 0.3 is 0 Å². The fraction of sp³-hybridized carbons (Fsp3) is 0.887. The summed E-state index contributed by atoms with van der Waals surface area (Å²) in [6.45, 7) is 56.7. The van der Waals surface area contributed by atoms with Crippen molar-refractivity contribution in [1.82, 2.24) is 37.7 Å². The van der Waals surface area contributed by atoms with Crippen molar-refractivity contribution in [3.05, 3.63) is 29.8 Å². The molecule has 0 atom stereocenters. The molecule has 23 N–H and O–H groups in total. The molecular weight excluding hydrogens is 1950 g/mol. The molecular formula is C97H207N15O36. The van der Waals surface area contributed by atoms with E-state index in [2.05, 4.69) is 41.9 Å². The van der Waals surface area contributed by atoms with Crippen LogP contribution in [0.4, 0.5) is 5.69 Å². The molecule has 0 unspecified atom stereocenters. The zero-order chi connectivity index (χ0) is 112. The summed E-state index contributed by atoms with van der Waals surface area (Å²) in [6.07, 6.45) is 4.70. The number of hydrogen-bond donors (Lipinski definition) is 15. The van der Waals surface area contributed by atoms with Crippen molar-refractivity contribution >= 4 is 35.2 Å². The summed E-state index contributed by atoms with van der Waals surface area (Å²) in [4.78, 5) is 74.8. The second-order valence-corrected chi connectivity index (χ2v) is 29.1. The number of anilines is 1. The van der Waals surface area contributed by atoms with Gasteiger partial charge in [0.15, 0.2) is 62.9 Å². The summed E-state index contributed by atoms with van der Waals surface area (Å²) in [5.41, 5.74) is 35.1. The lowest BCUT2D eigenvalue weighted by Crippen LogP contribution is -2.33. The van der Waals surface area contributed by atoms with Gasteiger partial charge in [-0.2, -0.15) is 0 Å². The Kier molecular flexibility index (Phi) is 139. The van der Waals surface area contributed by atoms with Crippen LogP contribution in [0.15, 0.2) is 24.3 Å². The van der Waals surface area contributed by atoms with Crippen LogP contribution in [0.2, 0.25) is 0 Å². The number of nitrogen functional groups attached to an aromatic ring is 1. The van der Waals surface area contributed by atoms with Crippen LogP contribution in [-0.2, 0) is 166 Å². The van der Waals surface area contributed by atoms with Gasteiger partial charge in [-0.25, -0.2) is 28.6 Å². The normalized spacial score (nSPS) is 12.1. The van der Waals surface area contributed by atoms with Crippen molar-refractivity contribution in [2.75, 3.05) is 323 Å². The molecule has 0 aromatic heterocycles. The van der Waals surface area contributed by atoms with E-state index in [-0.39, 0.29) is 105 Å². The van der Waals surface area contributed by atoms with Crippen LogP contribution < -0.4 is 84.0 Å². The Hall–Kier alpha value is -5.23. The largest absolute Gasteiger partial charge is 0.399 e. The molecule has 2 heterocycles. The second kappa shape index (κ2) is 132. The molecule has 51 nitrogen and oxygen atoms in total. The monoisotopic (exact) mass is 2160 g/mol. The zero-order valence-corrected chi connectivity index (χ0v) is 93.4. The van der Waals surface area contributed by atoms with Crippen molar-refractivity contribution in [1.29, 1.82) is 0 Å². The summed E-state index contributed by atoms with van der Waals surface area (Å²) < 4.78 is 143. The molecule has 2 fully saturated rings. The van der Waals surface area contributed by atoms with E-state index in [0.29, 0.717) is 347 Å². The van der Waals surface area contributed by atoms with Gasteiger partial charge in [-0.3, -0.25) is 34.2 Å². The second-order valence-electron chi connectivity index (χ2n) is 29.1. The summed E-state index contributed by atoms with van der Waals surface area (Å²) in [6, 6.07) is 6.82. The molecule has 0 spiro atoms. The number of carbonyl (C=O) groups is 5. The number of nitrogens with two attached hydrogens (primary N) is 8. The van der Waals surface area contributed by atoms with Gasteiger partial charge < -0.3 is 192 Å². The summed E-state index contributed by atoms with van der Waals surface area (Å²) in [7, 11) is 3.47. The summed E-state index contributed by atoms with van der Waals surface area (Å²) >= 11 is 0. The molecule has 1 aromatic rings. The predicted octanol–water partition coefficient (Wildman–Crippen LogP) is 3.87. The number of hydroxylamine groups is 2. The first-order valence-corrected chi connectivity index (χ1v) is 52.3. The third-order valence-electron chi connectivity index (χ3n) is 17.5. The third kappa shape index (κ3) is 121. The molecule has 2 aliphatic rings. The number of rotatable bonds is 89. The molecule has 1 aromatic carbocycles. The molecule has 0 bridgehead atoms. The quantitative estimate of drug-likeness (QED) is 0.0110. The molecule has 3 rings (SSSR count). The Bertz CT molecular complexity index is 2730. The number of amides is 5. The van der Waals surface area contributed by atoms with Crippen molar-refractivity contribution in [3.63, 3.8) is 0 Å². The van der Waals surface area contributed by atoms with Gasteiger partial charge in [0.1, 0.15) is 6.61 Å². The lowest BCUT2D eigenvalue weighted by Gasteiger charge is -2.16. The minimum atomic E-state index is -0.355. The van der Waals surface area contributed by atoms with Crippen LogP contribution in [-0.4, -0.2) is 410 Å². The smallest absolute Gasteiger partial charge is 0.251 e. The van der Waals surface area contributed by atoms with E-state index < -0.39 is 0 Å². The Morgan fingerprint density at radius 2 is 0.615 bits per heavy atom. The third-order valence-corrected chi connectivity index (χ3v) is 17.5. The van der Waals surface area contributed by atoms with Gasteiger partial charge in [0.25, 0.3) is 5.91 Å². The van der Waals surface area contributed by atoms with E-state index in [1.807, 2.05) is 116 Å². The van der Waals surface area contributed by atoms with E-state index in [1.54, 1.807) is 38.4 Å². The first kappa shape index (κ1) is 156. The zero-order valence-electron chi connectivity index (χ0n) is 93.4. The fourth-order valence-electron chi connectivity index (χ4n) is 11.0. The van der Waals surface area contributed by atoms with Crippen LogP contribution in [0, 0.1) is 0 Å². The van der Waals surface area contributed by atoms with Crippen LogP contribution in [0.1, 0.15) is 198 Å². The van der Waals surface area contributed by atoms with Gasteiger partial charge in [-0.1, -0.05) is 0 Å². The average Bonchev–Trinajstić information content (AvgIpc) is 1.43. The van der Waals surface area contributed by atoms with Gasteiger partial charge in [0.2, 0.25) is 23.6 Å². The molecule has 2 saturated heterocycles. The maximum absolute atomic E-state index is 11.8. The van der Waals surface area contributed by atoms with Gasteiger partial charge in [0, 0.05) is 241 Å². The Morgan fingerprint density at radius 1 is 0.311 bits per heavy atom. The topological polar surface area (TPSA) is 664 Å². The van der Waals surface area contributed by atoms with Crippen molar-refractivity contribution in [2.24, 2.45) is 40.6 Å².